The molecule has 1 aliphatic heterocycles. The SMILES string of the molecule is CC1(C)OB(c2nc(CO)ccc2C#N)OC1(C)C. The Bertz CT molecular complexity index is 521. The molecule has 0 spiro atoms. The molecule has 19 heavy (non-hydrogen) atoms. The third-order valence-corrected chi connectivity index (χ3v) is 3.74. The summed E-state index contributed by atoms with van der Waals surface area (Å²) < 4.78 is 11.7. The molecule has 0 radical (unpaired) electrons. The van der Waals surface area contributed by atoms with Crippen LogP contribution in [0.15, 0.2) is 12.1 Å². The molecule has 1 fully saturated rings. The molecule has 0 unspecified atom stereocenters. The summed E-state index contributed by atoms with van der Waals surface area (Å²) in [4.78, 5) is 4.25. The van der Waals surface area contributed by atoms with E-state index < -0.39 is 18.3 Å². The third-order valence-electron chi connectivity index (χ3n) is 3.74. The average Bonchev–Trinajstić information content (AvgIpc) is 2.57. The Balaban J connectivity index is 2.41. The predicted molar refractivity (Wildman–Crippen MR) is 70.6 cm³/mol. The van der Waals surface area contributed by atoms with Crippen LogP contribution < -0.4 is 5.59 Å². The van der Waals surface area contributed by atoms with Gasteiger partial charge < -0.3 is 14.4 Å². The number of rotatable bonds is 2. The molecule has 0 aromatic carbocycles. The molecule has 2 rings (SSSR count). The molecule has 0 saturated carbocycles. The Morgan fingerprint density at radius 1 is 1.26 bits per heavy atom. The second-order valence-electron chi connectivity index (χ2n) is 5.59. The molecule has 0 bridgehead atoms. The van der Waals surface area contributed by atoms with E-state index in [0.29, 0.717) is 16.9 Å². The van der Waals surface area contributed by atoms with Crippen LogP contribution in [-0.2, 0) is 15.9 Å². The zero-order valence-electron chi connectivity index (χ0n) is 11.6. The first-order valence-corrected chi connectivity index (χ1v) is 6.17. The highest BCUT2D eigenvalue weighted by molar-refractivity contribution is 6.61. The third kappa shape index (κ3) is 2.37. The van der Waals surface area contributed by atoms with Crippen molar-refractivity contribution >= 4 is 12.7 Å². The van der Waals surface area contributed by atoms with Crippen molar-refractivity contribution in [2.75, 3.05) is 0 Å². The minimum atomic E-state index is -0.689. The zero-order valence-corrected chi connectivity index (χ0v) is 11.6. The Labute approximate surface area is 113 Å². The maximum absolute atomic E-state index is 9.15. The first-order valence-electron chi connectivity index (χ1n) is 6.17. The van der Waals surface area contributed by atoms with Crippen molar-refractivity contribution in [2.45, 2.75) is 45.5 Å². The summed E-state index contributed by atoms with van der Waals surface area (Å²) >= 11 is 0. The number of aliphatic hydroxyl groups excluding tert-OH is 1. The lowest BCUT2D eigenvalue weighted by Gasteiger charge is -2.32. The van der Waals surface area contributed by atoms with Gasteiger partial charge in [0.1, 0.15) is 6.07 Å². The number of hydrogen-bond donors (Lipinski definition) is 1. The summed E-state index contributed by atoms with van der Waals surface area (Å²) in [5.41, 5.74) is 0.342. The molecule has 5 nitrogen and oxygen atoms in total. The van der Waals surface area contributed by atoms with E-state index in [2.05, 4.69) is 11.1 Å². The molecule has 100 valence electrons. The van der Waals surface area contributed by atoms with E-state index in [1.54, 1.807) is 12.1 Å². The molecule has 0 atom stereocenters. The summed E-state index contributed by atoms with van der Waals surface area (Å²) in [5, 5.41) is 18.3. The Kier molecular flexibility index (Phi) is 3.39. The number of pyridine rings is 1. The fourth-order valence-electron chi connectivity index (χ4n) is 1.83. The van der Waals surface area contributed by atoms with Crippen LogP contribution in [0.3, 0.4) is 0 Å². The van der Waals surface area contributed by atoms with E-state index in [1.807, 2.05) is 27.7 Å². The van der Waals surface area contributed by atoms with Crippen LogP contribution in [0, 0.1) is 11.3 Å². The monoisotopic (exact) mass is 260 g/mol. The van der Waals surface area contributed by atoms with Gasteiger partial charge in [-0.3, -0.25) is 4.98 Å². The van der Waals surface area contributed by atoms with Crippen LogP contribution in [0.5, 0.6) is 0 Å². The van der Waals surface area contributed by atoms with Crippen molar-refractivity contribution in [2.24, 2.45) is 0 Å². The van der Waals surface area contributed by atoms with Gasteiger partial charge in [0.15, 0.2) is 0 Å². The highest BCUT2D eigenvalue weighted by Gasteiger charge is 2.53. The Morgan fingerprint density at radius 3 is 2.32 bits per heavy atom. The second kappa shape index (κ2) is 4.60. The van der Waals surface area contributed by atoms with Crippen molar-refractivity contribution in [3.63, 3.8) is 0 Å². The minimum absolute atomic E-state index is 0.182. The first kappa shape index (κ1) is 14.0. The van der Waals surface area contributed by atoms with E-state index in [9.17, 15) is 0 Å². The molecule has 6 heteroatoms. The summed E-state index contributed by atoms with van der Waals surface area (Å²) in [7, 11) is -0.689. The van der Waals surface area contributed by atoms with Crippen molar-refractivity contribution < 1.29 is 14.4 Å². The summed E-state index contributed by atoms with van der Waals surface area (Å²) in [5.74, 6) is 0. The molecule has 0 aliphatic carbocycles. The number of aliphatic hydroxyl groups is 1. The van der Waals surface area contributed by atoms with Gasteiger partial charge in [0.2, 0.25) is 0 Å². The fraction of sp³-hybridized carbons (Fsp3) is 0.538. The number of nitriles is 1. The van der Waals surface area contributed by atoms with Gasteiger partial charge in [-0.05, 0) is 39.8 Å². The van der Waals surface area contributed by atoms with E-state index in [-0.39, 0.29) is 6.61 Å². The molecule has 1 N–H and O–H groups in total. The molecule has 0 amide bonds. The van der Waals surface area contributed by atoms with E-state index in [4.69, 9.17) is 19.7 Å². The largest absolute Gasteiger partial charge is 0.515 e. The Hall–Kier alpha value is -1.42. The maximum Gasteiger partial charge on any atom is 0.515 e. The number of hydrogen-bond acceptors (Lipinski definition) is 5. The molecule has 2 heterocycles. The smallest absolute Gasteiger partial charge is 0.398 e. The molecular weight excluding hydrogens is 243 g/mol. The minimum Gasteiger partial charge on any atom is -0.398 e. The van der Waals surface area contributed by atoms with Crippen LogP contribution in [0.2, 0.25) is 0 Å². The van der Waals surface area contributed by atoms with Gasteiger partial charge in [0.05, 0.1) is 34.7 Å². The maximum atomic E-state index is 9.15. The van der Waals surface area contributed by atoms with Gasteiger partial charge >= 0.3 is 7.12 Å². The Morgan fingerprint density at radius 2 is 1.84 bits per heavy atom. The van der Waals surface area contributed by atoms with Crippen LogP contribution in [0.25, 0.3) is 0 Å². The van der Waals surface area contributed by atoms with Crippen LogP contribution in [-0.4, -0.2) is 28.4 Å². The zero-order chi connectivity index (χ0) is 14.3. The highest BCUT2D eigenvalue weighted by atomic mass is 16.7. The van der Waals surface area contributed by atoms with Crippen molar-refractivity contribution in [3.8, 4) is 6.07 Å². The first-order chi connectivity index (χ1) is 8.80. The summed E-state index contributed by atoms with van der Waals surface area (Å²) in [6.45, 7) is 7.58. The summed E-state index contributed by atoms with van der Waals surface area (Å²) in [6, 6.07) is 5.32. The standard InChI is InChI=1S/C13H17BN2O3/c1-12(2)13(3,4)19-14(18-12)11-9(7-15)5-6-10(8-17)16-11/h5-6,17H,8H2,1-4H3. The normalized spacial score (nSPS) is 20.3. The predicted octanol–water partition coefficient (Wildman–Crippen LogP) is 0.745. The average molecular weight is 260 g/mol. The van der Waals surface area contributed by atoms with E-state index in [1.165, 1.54) is 0 Å². The second-order valence-corrected chi connectivity index (χ2v) is 5.59. The van der Waals surface area contributed by atoms with Crippen molar-refractivity contribution in [1.82, 2.24) is 4.98 Å². The van der Waals surface area contributed by atoms with Crippen LogP contribution in [0.4, 0.5) is 0 Å². The molecular formula is C13H17BN2O3. The quantitative estimate of drug-likeness (QED) is 0.794. The highest BCUT2D eigenvalue weighted by Crippen LogP contribution is 2.36. The lowest BCUT2D eigenvalue weighted by atomic mass is 9.81. The lowest BCUT2D eigenvalue weighted by Crippen LogP contribution is -2.41. The van der Waals surface area contributed by atoms with Gasteiger partial charge in [0.25, 0.3) is 0 Å². The number of aromatic nitrogens is 1. The fourth-order valence-corrected chi connectivity index (χ4v) is 1.83. The van der Waals surface area contributed by atoms with E-state index >= 15 is 0 Å². The van der Waals surface area contributed by atoms with Gasteiger partial charge in [0, 0.05) is 0 Å². The lowest BCUT2D eigenvalue weighted by molar-refractivity contribution is 0.00578. The van der Waals surface area contributed by atoms with Gasteiger partial charge in [-0.1, -0.05) is 0 Å². The molecule has 1 aromatic heterocycles. The molecule has 1 aliphatic rings. The van der Waals surface area contributed by atoms with Crippen molar-refractivity contribution in [1.29, 1.82) is 5.26 Å². The van der Waals surface area contributed by atoms with Gasteiger partial charge in [-0.2, -0.15) is 5.26 Å². The molecule has 1 saturated heterocycles. The van der Waals surface area contributed by atoms with Crippen LogP contribution in [0.1, 0.15) is 39.0 Å². The number of nitrogens with zero attached hydrogens (tertiary/aromatic N) is 2. The molecule has 1 aromatic rings. The van der Waals surface area contributed by atoms with Gasteiger partial charge in [-0.15, -0.1) is 0 Å². The summed E-state index contributed by atoms with van der Waals surface area (Å²) in [6.07, 6.45) is 0. The topological polar surface area (TPSA) is 75.4 Å². The van der Waals surface area contributed by atoms with Gasteiger partial charge in [-0.25, -0.2) is 0 Å². The van der Waals surface area contributed by atoms with Crippen molar-refractivity contribution in [3.05, 3.63) is 23.4 Å². The van der Waals surface area contributed by atoms with E-state index in [0.717, 1.165) is 0 Å². The van der Waals surface area contributed by atoms with Crippen LogP contribution >= 0.6 is 0 Å².